The highest BCUT2D eigenvalue weighted by Crippen LogP contribution is 2.48. The van der Waals surface area contributed by atoms with Crippen LogP contribution >= 0.6 is 11.6 Å². The van der Waals surface area contributed by atoms with Gasteiger partial charge in [0.05, 0.1) is 22.8 Å². The molecule has 126 valence electrons. The predicted molar refractivity (Wildman–Crippen MR) is 81.3 cm³/mol. The Morgan fingerprint density at radius 1 is 1.30 bits per heavy atom. The second-order valence-electron chi connectivity index (χ2n) is 4.94. The lowest BCUT2D eigenvalue weighted by atomic mass is 10.0. The van der Waals surface area contributed by atoms with Gasteiger partial charge in [-0.3, -0.25) is 0 Å². The fourth-order valence-corrected chi connectivity index (χ4v) is 2.32. The molecule has 0 amide bonds. The van der Waals surface area contributed by atoms with E-state index < -0.39 is 16.8 Å². The molecule has 0 radical (unpaired) electrons. The van der Waals surface area contributed by atoms with E-state index in [4.69, 9.17) is 20.8 Å². The molecule has 4 nitrogen and oxygen atoms in total. The second-order valence-corrected chi connectivity index (χ2v) is 5.35. The Labute approximate surface area is 136 Å². The molecule has 0 saturated carbocycles. The van der Waals surface area contributed by atoms with Gasteiger partial charge in [-0.25, -0.2) is 0 Å². The smallest absolute Gasteiger partial charge is 0.417 e. The van der Waals surface area contributed by atoms with Crippen LogP contribution in [0, 0.1) is 0 Å². The number of rotatable bonds is 4. The van der Waals surface area contributed by atoms with Crippen molar-refractivity contribution < 1.29 is 27.4 Å². The minimum atomic E-state index is -4.60. The van der Waals surface area contributed by atoms with Crippen LogP contribution in [0.15, 0.2) is 22.6 Å². The van der Waals surface area contributed by atoms with Gasteiger partial charge in [0.15, 0.2) is 0 Å². The molecule has 0 aliphatic rings. The topological polar surface area (TPSA) is 45.8 Å². The number of anilines is 1. The summed E-state index contributed by atoms with van der Waals surface area (Å²) >= 11 is 5.62. The molecular weight excluding hydrogens is 335 g/mol. The van der Waals surface area contributed by atoms with Crippen LogP contribution in [-0.4, -0.2) is 25.8 Å². The molecular formula is C15H15ClF3NO3. The molecule has 0 aliphatic heterocycles. The summed E-state index contributed by atoms with van der Waals surface area (Å²) in [5.41, 5.74) is -0.752. The maximum Gasteiger partial charge on any atom is 0.417 e. The fourth-order valence-electron chi connectivity index (χ4n) is 2.09. The molecule has 2 rings (SSSR count). The molecule has 0 bridgehead atoms. The van der Waals surface area contributed by atoms with Gasteiger partial charge in [0.25, 0.3) is 0 Å². The van der Waals surface area contributed by atoms with E-state index in [0.29, 0.717) is 0 Å². The van der Waals surface area contributed by atoms with Crippen molar-refractivity contribution in [1.82, 2.24) is 0 Å². The summed E-state index contributed by atoms with van der Waals surface area (Å²) in [6, 6.07) is 3.38. The highest BCUT2D eigenvalue weighted by molar-refractivity contribution is 6.31. The number of nitrogens with zero attached hydrogens (tertiary/aromatic N) is 1. The summed E-state index contributed by atoms with van der Waals surface area (Å²) in [5.74, 6) is -0.317. The Bertz CT molecular complexity index is 711. The molecule has 0 fully saturated rings. The number of ether oxygens (including phenoxy) is 1. The van der Waals surface area contributed by atoms with Crippen LogP contribution in [0.4, 0.5) is 19.1 Å². The van der Waals surface area contributed by atoms with Crippen LogP contribution in [0.3, 0.4) is 0 Å². The summed E-state index contributed by atoms with van der Waals surface area (Å²) in [5, 5.41) is 9.83. The number of aromatic hydroxyl groups is 1. The molecule has 23 heavy (non-hydrogen) atoms. The van der Waals surface area contributed by atoms with Crippen molar-refractivity contribution in [2.75, 3.05) is 25.6 Å². The van der Waals surface area contributed by atoms with Gasteiger partial charge in [-0.1, -0.05) is 17.7 Å². The first kappa shape index (κ1) is 17.3. The lowest BCUT2D eigenvalue weighted by Crippen LogP contribution is -2.09. The van der Waals surface area contributed by atoms with Crippen LogP contribution in [0.5, 0.6) is 11.7 Å². The van der Waals surface area contributed by atoms with E-state index in [2.05, 4.69) is 0 Å². The third kappa shape index (κ3) is 3.34. The largest absolute Gasteiger partial charge is 0.501 e. The number of hydrogen-bond acceptors (Lipinski definition) is 4. The molecule has 0 unspecified atom stereocenters. The van der Waals surface area contributed by atoms with Crippen molar-refractivity contribution in [2.45, 2.75) is 13.1 Å². The first-order valence-electron chi connectivity index (χ1n) is 6.69. The van der Waals surface area contributed by atoms with Crippen molar-refractivity contribution in [2.24, 2.45) is 0 Å². The van der Waals surface area contributed by atoms with Crippen molar-refractivity contribution in [3.63, 3.8) is 0 Å². The normalized spacial score (nSPS) is 11.6. The number of furan rings is 1. The van der Waals surface area contributed by atoms with Gasteiger partial charge in [0, 0.05) is 14.1 Å². The van der Waals surface area contributed by atoms with Crippen LogP contribution in [0.1, 0.15) is 12.5 Å². The maximum atomic E-state index is 13.0. The fraction of sp³-hybridized carbons (Fsp3) is 0.333. The third-order valence-electron chi connectivity index (χ3n) is 3.08. The van der Waals surface area contributed by atoms with Crippen molar-refractivity contribution in [3.8, 4) is 22.8 Å². The standard InChI is InChI=1S/C15H15ClF3NO3/c1-4-22-14-12(21)11(13(23-14)20(2)3)8-5-6-10(16)9(7-8)15(17,18)19/h5-7,21H,4H2,1-3H3. The summed E-state index contributed by atoms with van der Waals surface area (Å²) < 4.78 is 49.6. The van der Waals surface area contributed by atoms with Crippen molar-refractivity contribution >= 4 is 17.5 Å². The van der Waals surface area contributed by atoms with Gasteiger partial charge in [-0.2, -0.15) is 13.2 Å². The summed E-state index contributed by atoms with van der Waals surface area (Å²) in [6.45, 7) is 1.93. The zero-order chi connectivity index (χ0) is 17.4. The molecule has 0 saturated heterocycles. The SMILES string of the molecule is CCOc1oc(N(C)C)c(-c2ccc(Cl)c(C(F)(F)F)c2)c1O. The van der Waals surface area contributed by atoms with E-state index in [1.54, 1.807) is 21.0 Å². The first-order valence-corrected chi connectivity index (χ1v) is 7.07. The summed E-state index contributed by atoms with van der Waals surface area (Å²) in [7, 11) is 3.27. The number of alkyl halides is 3. The van der Waals surface area contributed by atoms with Crippen molar-refractivity contribution in [3.05, 3.63) is 28.8 Å². The molecule has 1 heterocycles. The van der Waals surface area contributed by atoms with Gasteiger partial charge in [-0.15, -0.1) is 0 Å². The Morgan fingerprint density at radius 3 is 2.48 bits per heavy atom. The minimum Gasteiger partial charge on any atom is -0.501 e. The van der Waals surface area contributed by atoms with Gasteiger partial charge < -0.3 is 19.2 Å². The zero-order valence-corrected chi connectivity index (χ0v) is 13.4. The minimum absolute atomic E-state index is 0.112. The van der Waals surface area contributed by atoms with Crippen LogP contribution in [0.25, 0.3) is 11.1 Å². The highest BCUT2D eigenvalue weighted by atomic mass is 35.5. The average molecular weight is 350 g/mol. The number of benzene rings is 1. The average Bonchev–Trinajstić information content (AvgIpc) is 2.76. The van der Waals surface area contributed by atoms with E-state index in [0.717, 1.165) is 12.1 Å². The van der Waals surface area contributed by atoms with Crippen LogP contribution in [-0.2, 0) is 6.18 Å². The van der Waals surface area contributed by atoms with Gasteiger partial charge >= 0.3 is 12.1 Å². The molecule has 0 spiro atoms. The maximum absolute atomic E-state index is 13.0. The first-order chi connectivity index (χ1) is 10.7. The van der Waals surface area contributed by atoms with Crippen LogP contribution < -0.4 is 9.64 Å². The Morgan fingerprint density at radius 2 is 1.96 bits per heavy atom. The Balaban J connectivity index is 2.66. The molecule has 0 atom stereocenters. The van der Waals surface area contributed by atoms with Gasteiger partial charge in [0.1, 0.15) is 0 Å². The van der Waals surface area contributed by atoms with E-state index in [1.807, 2.05) is 0 Å². The molecule has 0 aliphatic carbocycles. The third-order valence-corrected chi connectivity index (χ3v) is 3.41. The quantitative estimate of drug-likeness (QED) is 0.862. The monoisotopic (exact) mass is 349 g/mol. The Hall–Kier alpha value is -2.02. The molecule has 8 heteroatoms. The second kappa shape index (κ2) is 6.23. The molecule has 1 aromatic carbocycles. The van der Waals surface area contributed by atoms with Gasteiger partial charge in [-0.05, 0) is 24.6 Å². The van der Waals surface area contributed by atoms with Crippen LogP contribution in [0.2, 0.25) is 5.02 Å². The highest BCUT2D eigenvalue weighted by Gasteiger charge is 2.34. The molecule has 2 aromatic rings. The number of hydrogen-bond donors (Lipinski definition) is 1. The molecule has 1 N–H and O–H groups in total. The predicted octanol–water partition coefficient (Wildman–Crippen LogP) is 4.79. The van der Waals surface area contributed by atoms with E-state index in [-0.39, 0.29) is 35.3 Å². The van der Waals surface area contributed by atoms with Crippen molar-refractivity contribution in [1.29, 1.82) is 0 Å². The van der Waals surface area contributed by atoms with E-state index >= 15 is 0 Å². The lowest BCUT2D eigenvalue weighted by Gasteiger charge is -2.13. The van der Waals surface area contributed by atoms with E-state index in [9.17, 15) is 18.3 Å². The lowest BCUT2D eigenvalue weighted by molar-refractivity contribution is -0.137. The zero-order valence-electron chi connectivity index (χ0n) is 12.7. The number of halogens is 4. The molecule has 1 aromatic heterocycles. The van der Waals surface area contributed by atoms with Gasteiger partial charge in [0.2, 0.25) is 11.6 Å². The Kier molecular flexibility index (Phi) is 4.70. The van der Waals surface area contributed by atoms with E-state index in [1.165, 1.54) is 11.0 Å². The summed E-state index contributed by atoms with van der Waals surface area (Å²) in [6.07, 6.45) is -4.60. The summed E-state index contributed by atoms with van der Waals surface area (Å²) in [4.78, 5) is 1.53.